The fraction of sp³-hybridized carbons (Fsp3) is 0.667. The number of nitrogens with zero attached hydrogens (tertiary/aromatic N) is 2. The maximum Gasteiger partial charge on any atom is 0.254 e. The van der Waals surface area contributed by atoms with Crippen LogP contribution in [-0.4, -0.2) is 28.0 Å². The molecule has 6 heteroatoms. The molecule has 0 aromatic carbocycles. The average molecular weight is 313 g/mol. The van der Waals surface area contributed by atoms with Crippen molar-refractivity contribution in [1.29, 1.82) is 0 Å². The van der Waals surface area contributed by atoms with E-state index in [2.05, 4.69) is 15.3 Å². The minimum absolute atomic E-state index is 0. The van der Waals surface area contributed by atoms with Gasteiger partial charge in [-0.15, -0.1) is 12.4 Å². The summed E-state index contributed by atoms with van der Waals surface area (Å²) in [5.74, 6) is 0.847. The van der Waals surface area contributed by atoms with Crippen molar-refractivity contribution in [1.82, 2.24) is 15.3 Å². The smallest absolute Gasteiger partial charge is 0.254 e. The van der Waals surface area contributed by atoms with Crippen molar-refractivity contribution in [3.63, 3.8) is 0 Å². The summed E-state index contributed by atoms with van der Waals surface area (Å²) in [5, 5.41) is 3.10. The Hall–Kier alpha value is -1.20. The van der Waals surface area contributed by atoms with Gasteiger partial charge < -0.3 is 11.1 Å². The highest BCUT2D eigenvalue weighted by atomic mass is 35.5. The molecule has 0 radical (unpaired) electrons. The molecule has 1 aromatic rings. The van der Waals surface area contributed by atoms with E-state index in [1.165, 1.54) is 0 Å². The molecule has 0 bridgehead atoms. The molecule has 1 aromatic heterocycles. The maximum atomic E-state index is 12.4. The van der Waals surface area contributed by atoms with Crippen LogP contribution in [0.1, 0.15) is 67.3 Å². The Balaban J connectivity index is 0.00000220. The summed E-state index contributed by atoms with van der Waals surface area (Å²) in [6, 6.07) is 0.515. The number of amides is 1. The van der Waals surface area contributed by atoms with Gasteiger partial charge in [-0.3, -0.25) is 4.79 Å². The van der Waals surface area contributed by atoms with Crippen LogP contribution in [0, 0.1) is 6.92 Å². The first-order valence-electron chi connectivity index (χ1n) is 7.37. The summed E-state index contributed by atoms with van der Waals surface area (Å²) < 4.78 is 0. The third kappa shape index (κ3) is 4.64. The Morgan fingerprint density at radius 1 is 1.33 bits per heavy atom. The number of carbonyl (C=O) groups excluding carboxylic acids is 1. The molecule has 0 saturated heterocycles. The summed E-state index contributed by atoms with van der Waals surface area (Å²) in [6.07, 6.45) is 5.51. The number of hydrogen-bond donors (Lipinski definition) is 2. The maximum absolute atomic E-state index is 12.4. The van der Waals surface area contributed by atoms with Gasteiger partial charge >= 0.3 is 0 Å². The lowest BCUT2D eigenvalue weighted by molar-refractivity contribution is 0.0923. The third-order valence-electron chi connectivity index (χ3n) is 3.84. The van der Waals surface area contributed by atoms with E-state index in [1.807, 2.05) is 20.8 Å². The summed E-state index contributed by atoms with van der Waals surface area (Å²) >= 11 is 0. The number of hydrogen-bond acceptors (Lipinski definition) is 4. The molecule has 1 aliphatic carbocycles. The summed E-state index contributed by atoms with van der Waals surface area (Å²) in [6.45, 7) is 5.92. The second-order valence-electron chi connectivity index (χ2n) is 5.96. The molecule has 1 aliphatic rings. The van der Waals surface area contributed by atoms with Gasteiger partial charge in [-0.05, 0) is 38.5 Å². The first kappa shape index (κ1) is 17.9. The molecule has 0 aliphatic heterocycles. The molecule has 0 spiro atoms. The van der Waals surface area contributed by atoms with Gasteiger partial charge in [0.15, 0.2) is 0 Å². The number of aryl methyl sites for hydroxylation is 1. The van der Waals surface area contributed by atoms with Crippen LogP contribution >= 0.6 is 12.4 Å². The van der Waals surface area contributed by atoms with Crippen LogP contribution in [0.5, 0.6) is 0 Å². The van der Waals surface area contributed by atoms with E-state index in [4.69, 9.17) is 5.73 Å². The third-order valence-corrected chi connectivity index (χ3v) is 3.84. The van der Waals surface area contributed by atoms with Gasteiger partial charge in [-0.1, -0.05) is 13.8 Å². The fourth-order valence-corrected chi connectivity index (χ4v) is 2.63. The second-order valence-corrected chi connectivity index (χ2v) is 5.96. The summed E-state index contributed by atoms with van der Waals surface area (Å²) in [4.78, 5) is 21.0. The molecule has 5 nitrogen and oxygen atoms in total. The van der Waals surface area contributed by atoms with E-state index in [0.29, 0.717) is 11.4 Å². The van der Waals surface area contributed by atoms with Gasteiger partial charge in [-0.2, -0.15) is 0 Å². The second kappa shape index (κ2) is 7.71. The standard InChI is InChI=1S/C15H24N4O.ClH/c1-9(2)14-13(8-17-10(3)18-14)15(20)19-12-6-4-11(16)5-7-12;/h8-9,11-12H,4-7,16H2,1-3H3,(H,19,20);1H. The Kier molecular flexibility index (Phi) is 6.55. The van der Waals surface area contributed by atoms with Crippen molar-refractivity contribution >= 4 is 18.3 Å². The van der Waals surface area contributed by atoms with Crippen molar-refractivity contribution < 1.29 is 4.79 Å². The quantitative estimate of drug-likeness (QED) is 0.897. The first-order valence-corrected chi connectivity index (χ1v) is 7.37. The van der Waals surface area contributed by atoms with Crippen molar-refractivity contribution in [3.8, 4) is 0 Å². The minimum atomic E-state index is -0.0610. The number of rotatable bonds is 3. The summed E-state index contributed by atoms with van der Waals surface area (Å²) in [5.41, 5.74) is 7.31. The predicted octanol–water partition coefficient (Wildman–Crippen LogP) is 2.33. The first-order chi connectivity index (χ1) is 9.47. The normalized spacial score (nSPS) is 21.8. The van der Waals surface area contributed by atoms with Gasteiger partial charge in [0.05, 0.1) is 11.3 Å². The molecule has 1 heterocycles. The average Bonchev–Trinajstić information content (AvgIpc) is 2.41. The zero-order valence-corrected chi connectivity index (χ0v) is 13.7. The molecule has 3 N–H and O–H groups in total. The monoisotopic (exact) mass is 312 g/mol. The number of halogens is 1. The fourth-order valence-electron chi connectivity index (χ4n) is 2.63. The molecule has 1 amide bonds. The Labute approximate surface area is 132 Å². The molecule has 21 heavy (non-hydrogen) atoms. The van der Waals surface area contributed by atoms with Crippen molar-refractivity contribution in [2.45, 2.75) is 64.5 Å². The zero-order valence-electron chi connectivity index (χ0n) is 12.9. The number of carbonyl (C=O) groups is 1. The van der Waals surface area contributed by atoms with Crippen molar-refractivity contribution in [2.24, 2.45) is 5.73 Å². The predicted molar refractivity (Wildman–Crippen MR) is 85.8 cm³/mol. The SMILES string of the molecule is Cc1ncc(C(=O)NC2CCC(N)CC2)c(C(C)C)n1.Cl. The van der Waals surface area contributed by atoms with Crippen molar-refractivity contribution in [3.05, 3.63) is 23.3 Å². The number of nitrogens with two attached hydrogens (primary N) is 1. The number of nitrogens with one attached hydrogen (secondary N) is 1. The lowest BCUT2D eigenvalue weighted by atomic mass is 9.91. The van der Waals surface area contributed by atoms with Crippen LogP contribution in [0.15, 0.2) is 6.20 Å². The van der Waals surface area contributed by atoms with Gasteiger partial charge in [-0.25, -0.2) is 9.97 Å². The molecular formula is C15H25ClN4O. The van der Waals surface area contributed by atoms with E-state index >= 15 is 0 Å². The van der Waals surface area contributed by atoms with Gasteiger partial charge in [0, 0.05) is 18.3 Å². The van der Waals surface area contributed by atoms with Crippen LogP contribution in [0.4, 0.5) is 0 Å². The van der Waals surface area contributed by atoms with E-state index in [9.17, 15) is 4.79 Å². The molecule has 1 fully saturated rings. The highest BCUT2D eigenvalue weighted by Crippen LogP contribution is 2.20. The van der Waals surface area contributed by atoms with E-state index < -0.39 is 0 Å². The van der Waals surface area contributed by atoms with Crippen LogP contribution < -0.4 is 11.1 Å². The lowest BCUT2D eigenvalue weighted by Gasteiger charge is -2.27. The molecular weight excluding hydrogens is 288 g/mol. The molecule has 118 valence electrons. The Morgan fingerprint density at radius 3 is 2.52 bits per heavy atom. The largest absolute Gasteiger partial charge is 0.349 e. The highest BCUT2D eigenvalue weighted by Gasteiger charge is 2.23. The van der Waals surface area contributed by atoms with Gasteiger partial charge in [0.1, 0.15) is 5.82 Å². The van der Waals surface area contributed by atoms with Crippen LogP contribution in [0.25, 0.3) is 0 Å². The Morgan fingerprint density at radius 2 is 1.95 bits per heavy atom. The lowest BCUT2D eigenvalue weighted by Crippen LogP contribution is -2.40. The van der Waals surface area contributed by atoms with Crippen LogP contribution in [0.2, 0.25) is 0 Å². The molecule has 0 atom stereocenters. The van der Waals surface area contributed by atoms with Crippen LogP contribution in [0.3, 0.4) is 0 Å². The van der Waals surface area contributed by atoms with Crippen LogP contribution in [-0.2, 0) is 0 Å². The van der Waals surface area contributed by atoms with E-state index in [-0.39, 0.29) is 36.3 Å². The summed E-state index contributed by atoms with van der Waals surface area (Å²) in [7, 11) is 0. The van der Waals surface area contributed by atoms with E-state index in [1.54, 1.807) is 6.20 Å². The number of aromatic nitrogens is 2. The molecule has 1 saturated carbocycles. The minimum Gasteiger partial charge on any atom is -0.349 e. The van der Waals surface area contributed by atoms with Gasteiger partial charge in [0.2, 0.25) is 0 Å². The molecule has 0 unspecified atom stereocenters. The van der Waals surface area contributed by atoms with Gasteiger partial charge in [0.25, 0.3) is 5.91 Å². The van der Waals surface area contributed by atoms with E-state index in [0.717, 1.165) is 31.4 Å². The molecule has 2 rings (SSSR count). The zero-order chi connectivity index (χ0) is 14.7. The highest BCUT2D eigenvalue weighted by molar-refractivity contribution is 5.95. The topological polar surface area (TPSA) is 80.9 Å². The van der Waals surface area contributed by atoms with Crippen molar-refractivity contribution in [2.75, 3.05) is 0 Å². The Bertz CT molecular complexity index is 485.